The molecule has 2 rings (SSSR count). The third-order valence-corrected chi connectivity index (χ3v) is 4.20. The van der Waals surface area contributed by atoms with Gasteiger partial charge in [0.05, 0.1) is 10.6 Å². The molecule has 5 heteroatoms. The van der Waals surface area contributed by atoms with Gasteiger partial charge in [0.15, 0.2) is 9.84 Å². The molecule has 0 radical (unpaired) electrons. The van der Waals surface area contributed by atoms with E-state index in [2.05, 4.69) is 5.32 Å². The predicted octanol–water partition coefficient (Wildman–Crippen LogP) is 2.66. The number of hydrogen-bond donors (Lipinski definition) is 1. The molecule has 21 heavy (non-hydrogen) atoms. The molecule has 0 fully saturated rings. The van der Waals surface area contributed by atoms with Crippen LogP contribution < -0.4 is 5.32 Å². The van der Waals surface area contributed by atoms with Crippen molar-refractivity contribution in [3.63, 3.8) is 0 Å². The van der Waals surface area contributed by atoms with Crippen LogP contribution in [0.25, 0.3) is 0 Å². The molecule has 0 aliphatic heterocycles. The summed E-state index contributed by atoms with van der Waals surface area (Å²) < 4.78 is 23.3. The van der Waals surface area contributed by atoms with Crippen molar-refractivity contribution in [2.75, 3.05) is 11.6 Å². The normalized spacial score (nSPS) is 11.1. The number of para-hydroxylation sites is 1. The van der Waals surface area contributed by atoms with Crippen LogP contribution in [0.15, 0.2) is 59.5 Å². The van der Waals surface area contributed by atoms with Crippen molar-refractivity contribution in [3.8, 4) is 0 Å². The van der Waals surface area contributed by atoms with Crippen LogP contribution in [0.3, 0.4) is 0 Å². The number of amides is 1. The Bertz CT molecular complexity index is 724. The van der Waals surface area contributed by atoms with E-state index in [1.807, 2.05) is 30.3 Å². The van der Waals surface area contributed by atoms with E-state index in [1.165, 1.54) is 6.07 Å². The first-order valence-corrected chi connectivity index (χ1v) is 8.49. The maximum absolute atomic E-state index is 12.0. The molecular weight excluding hydrogens is 286 g/mol. The van der Waals surface area contributed by atoms with Crippen molar-refractivity contribution < 1.29 is 13.2 Å². The molecule has 0 atom stereocenters. The van der Waals surface area contributed by atoms with Crippen molar-refractivity contribution in [1.29, 1.82) is 0 Å². The minimum absolute atomic E-state index is 0.137. The predicted molar refractivity (Wildman–Crippen MR) is 82.9 cm³/mol. The fourth-order valence-electron chi connectivity index (χ4n) is 2.01. The number of anilines is 1. The molecule has 2 aromatic carbocycles. The van der Waals surface area contributed by atoms with E-state index in [-0.39, 0.29) is 10.8 Å². The van der Waals surface area contributed by atoms with E-state index in [9.17, 15) is 13.2 Å². The molecule has 1 N–H and O–H groups in total. The van der Waals surface area contributed by atoms with Gasteiger partial charge in [-0.1, -0.05) is 42.5 Å². The van der Waals surface area contributed by atoms with Crippen molar-refractivity contribution >= 4 is 21.4 Å². The van der Waals surface area contributed by atoms with Crippen LogP contribution in [0.1, 0.15) is 12.0 Å². The summed E-state index contributed by atoms with van der Waals surface area (Å²) in [7, 11) is -3.36. The van der Waals surface area contributed by atoms with Crippen LogP contribution in [0.5, 0.6) is 0 Å². The first-order chi connectivity index (χ1) is 9.97. The molecule has 0 spiro atoms. The summed E-state index contributed by atoms with van der Waals surface area (Å²) in [6, 6.07) is 16.1. The lowest BCUT2D eigenvalue weighted by Crippen LogP contribution is -2.14. The van der Waals surface area contributed by atoms with Gasteiger partial charge in [0.2, 0.25) is 5.91 Å². The molecule has 0 unspecified atom stereocenters. The van der Waals surface area contributed by atoms with Gasteiger partial charge in [0.1, 0.15) is 0 Å². The third kappa shape index (κ3) is 4.43. The number of sulfone groups is 1. The van der Waals surface area contributed by atoms with Crippen LogP contribution in [0.2, 0.25) is 0 Å². The molecule has 0 heterocycles. The highest BCUT2D eigenvalue weighted by Crippen LogP contribution is 2.20. The molecule has 0 bridgehead atoms. The number of rotatable bonds is 5. The van der Waals surface area contributed by atoms with Crippen molar-refractivity contribution in [1.82, 2.24) is 0 Å². The Kier molecular flexibility index (Phi) is 4.75. The molecule has 0 aliphatic rings. The second-order valence-corrected chi connectivity index (χ2v) is 6.79. The summed E-state index contributed by atoms with van der Waals surface area (Å²) in [5, 5.41) is 2.67. The molecular formula is C16H17NO3S. The quantitative estimate of drug-likeness (QED) is 0.923. The van der Waals surface area contributed by atoms with Crippen LogP contribution in [0, 0.1) is 0 Å². The van der Waals surface area contributed by atoms with Crippen molar-refractivity contribution in [3.05, 3.63) is 60.2 Å². The van der Waals surface area contributed by atoms with E-state index < -0.39 is 9.84 Å². The number of carbonyl (C=O) groups excluding carboxylic acids is 1. The number of nitrogens with one attached hydrogen (secondary N) is 1. The minimum atomic E-state index is -3.36. The molecule has 110 valence electrons. The lowest BCUT2D eigenvalue weighted by Gasteiger charge is -2.09. The summed E-state index contributed by atoms with van der Waals surface area (Å²) in [4.78, 5) is 12.1. The Morgan fingerprint density at radius 1 is 1.00 bits per heavy atom. The minimum Gasteiger partial charge on any atom is -0.325 e. The summed E-state index contributed by atoms with van der Waals surface area (Å²) in [6.07, 6.45) is 2.05. The van der Waals surface area contributed by atoms with Crippen LogP contribution in [-0.4, -0.2) is 20.6 Å². The highest BCUT2D eigenvalue weighted by molar-refractivity contribution is 7.90. The zero-order valence-corrected chi connectivity index (χ0v) is 12.6. The molecule has 0 saturated heterocycles. The van der Waals surface area contributed by atoms with E-state index in [0.717, 1.165) is 11.8 Å². The first kappa shape index (κ1) is 15.3. The molecule has 1 amide bonds. The molecule has 0 aromatic heterocycles. The van der Waals surface area contributed by atoms with Crippen LogP contribution in [0.4, 0.5) is 5.69 Å². The SMILES string of the molecule is CS(=O)(=O)c1ccccc1NC(=O)CCc1ccccc1. The van der Waals surface area contributed by atoms with Gasteiger partial charge in [-0.15, -0.1) is 0 Å². The lowest BCUT2D eigenvalue weighted by molar-refractivity contribution is -0.116. The summed E-state index contributed by atoms with van der Waals surface area (Å²) >= 11 is 0. The number of carbonyl (C=O) groups is 1. The number of aryl methyl sites for hydroxylation is 1. The van der Waals surface area contributed by atoms with E-state index >= 15 is 0 Å². The fraction of sp³-hybridized carbons (Fsp3) is 0.188. The summed E-state index contributed by atoms with van der Waals surface area (Å²) in [6.45, 7) is 0. The Labute approximate surface area is 124 Å². The maximum Gasteiger partial charge on any atom is 0.224 e. The summed E-state index contributed by atoms with van der Waals surface area (Å²) in [5.41, 5.74) is 1.40. The average molecular weight is 303 g/mol. The van der Waals surface area contributed by atoms with Gasteiger partial charge >= 0.3 is 0 Å². The van der Waals surface area contributed by atoms with Crippen LogP contribution >= 0.6 is 0 Å². The van der Waals surface area contributed by atoms with E-state index in [4.69, 9.17) is 0 Å². The molecule has 4 nitrogen and oxygen atoms in total. The van der Waals surface area contributed by atoms with Gasteiger partial charge in [0.25, 0.3) is 0 Å². The maximum atomic E-state index is 12.0. The highest BCUT2D eigenvalue weighted by Gasteiger charge is 2.14. The van der Waals surface area contributed by atoms with Gasteiger partial charge in [0, 0.05) is 12.7 Å². The van der Waals surface area contributed by atoms with E-state index in [0.29, 0.717) is 18.5 Å². The second kappa shape index (κ2) is 6.54. The zero-order valence-electron chi connectivity index (χ0n) is 11.7. The van der Waals surface area contributed by atoms with Gasteiger partial charge in [-0.25, -0.2) is 8.42 Å². The lowest BCUT2D eigenvalue weighted by atomic mass is 10.1. The van der Waals surface area contributed by atoms with Crippen molar-refractivity contribution in [2.45, 2.75) is 17.7 Å². The fourth-order valence-corrected chi connectivity index (χ4v) is 2.85. The molecule has 0 aliphatic carbocycles. The Balaban J connectivity index is 2.04. The second-order valence-electron chi connectivity index (χ2n) is 4.80. The zero-order chi connectivity index (χ0) is 15.3. The van der Waals surface area contributed by atoms with Gasteiger partial charge in [-0.05, 0) is 24.1 Å². The molecule has 2 aromatic rings. The van der Waals surface area contributed by atoms with Gasteiger partial charge in [-0.2, -0.15) is 0 Å². The van der Waals surface area contributed by atoms with Crippen molar-refractivity contribution in [2.24, 2.45) is 0 Å². The smallest absolute Gasteiger partial charge is 0.224 e. The van der Waals surface area contributed by atoms with Crippen LogP contribution in [-0.2, 0) is 21.1 Å². The van der Waals surface area contributed by atoms with Gasteiger partial charge < -0.3 is 5.32 Å². The third-order valence-electron chi connectivity index (χ3n) is 3.04. The Morgan fingerprint density at radius 3 is 2.29 bits per heavy atom. The number of benzene rings is 2. The Morgan fingerprint density at radius 2 is 1.62 bits per heavy atom. The standard InChI is InChI=1S/C16H17NO3S/c1-21(19,20)15-10-6-5-9-14(15)17-16(18)12-11-13-7-3-2-4-8-13/h2-10H,11-12H2,1H3,(H,17,18). The topological polar surface area (TPSA) is 63.2 Å². The summed E-state index contributed by atoms with van der Waals surface area (Å²) in [5.74, 6) is -0.199. The average Bonchev–Trinajstić information content (AvgIpc) is 2.46. The van der Waals surface area contributed by atoms with E-state index in [1.54, 1.807) is 18.2 Å². The highest BCUT2D eigenvalue weighted by atomic mass is 32.2. The van der Waals surface area contributed by atoms with Gasteiger partial charge in [-0.3, -0.25) is 4.79 Å². The first-order valence-electron chi connectivity index (χ1n) is 6.59. The monoisotopic (exact) mass is 303 g/mol. The Hall–Kier alpha value is -2.14. The molecule has 0 saturated carbocycles. The number of hydrogen-bond acceptors (Lipinski definition) is 3. The largest absolute Gasteiger partial charge is 0.325 e.